The maximum absolute atomic E-state index is 13.1. The minimum atomic E-state index is -3.09. The maximum Gasteiger partial charge on any atom is 0.254 e. The molecule has 1 aliphatic carbocycles. The van der Waals surface area contributed by atoms with Gasteiger partial charge >= 0.3 is 0 Å². The first-order valence-corrected chi connectivity index (χ1v) is 13.3. The Balaban J connectivity index is 1.51. The first-order chi connectivity index (χ1) is 15.3. The highest BCUT2D eigenvalue weighted by atomic mass is 32.2. The van der Waals surface area contributed by atoms with Crippen molar-refractivity contribution in [2.75, 3.05) is 23.9 Å². The lowest BCUT2D eigenvalue weighted by Crippen LogP contribution is -2.36. The molecular formula is C23H26N2O5S2. The lowest BCUT2D eigenvalue weighted by Gasteiger charge is -2.15. The van der Waals surface area contributed by atoms with Crippen LogP contribution in [0.3, 0.4) is 0 Å². The zero-order valence-electron chi connectivity index (χ0n) is 17.8. The van der Waals surface area contributed by atoms with E-state index in [1.54, 1.807) is 13.2 Å². The second-order valence-corrected chi connectivity index (χ2v) is 11.4. The van der Waals surface area contributed by atoms with Crippen molar-refractivity contribution in [1.82, 2.24) is 5.32 Å². The van der Waals surface area contributed by atoms with Gasteiger partial charge in [0.15, 0.2) is 9.84 Å². The van der Waals surface area contributed by atoms with Crippen molar-refractivity contribution in [3.05, 3.63) is 51.9 Å². The number of ether oxygens (including phenoxy) is 1. The molecule has 7 nitrogen and oxygen atoms in total. The fourth-order valence-electron chi connectivity index (χ4n) is 4.10. The molecule has 1 aromatic carbocycles. The Labute approximate surface area is 191 Å². The van der Waals surface area contributed by atoms with E-state index in [2.05, 4.69) is 10.6 Å². The zero-order chi connectivity index (χ0) is 22.7. The van der Waals surface area contributed by atoms with Gasteiger partial charge in [0.1, 0.15) is 10.8 Å². The fourth-order valence-corrected chi connectivity index (χ4v) is 7.06. The minimum Gasteiger partial charge on any atom is -0.497 e. The van der Waals surface area contributed by atoms with E-state index >= 15 is 0 Å². The summed E-state index contributed by atoms with van der Waals surface area (Å²) in [5.74, 6) is 0.177. The van der Waals surface area contributed by atoms with E-state index < -0.39 is 9.84 Å². The second kappa shape index (κ2) is 9.46. The molecule has 0 spiro atoms. The van der Waals surface area contributed by atoms with Crippen molar-refractivity contribution < 1.29 is 22.7 Å². The van der Waals surface area contributed by atoms with Crippen LogP contribution >= 0.6 is 11.3 Å². The van der Waals surface area contributed by atoms with E-state index in [0.29, 0.717) is 17.0 Å². The lowest BCUT2D eigenvalue weighted by atomic mass is 9.95. The normalized spacial score (nSPS) is 19.5. The Kier molecular flexibility index (Phi) is 6.66. The highest BCUT2D eigenvalue weighted by Gasteiger charge is 2.32. The van der Waals surface area contributed by atoms with Gasteiger partial charge in [0.25, 0.3) is 5.91 Å². The Bertz CT molecular complexity index is 1150. The van der Waals surface area contributed by atoms with Crippen LogP contribution < -0.4 is 15.4 Å². The van der Waals surface area contributed by atoms with Crippen molar-refractivity contribution in [3.63, 3.8) is 0 Å². The van der Waals surface area contributed by atoms with Crippen LogP contribution in [-0.4, -0.2) is 44.9 Å². The van der Waals surface area contributed by atoms with Crippen LogP contribution in [0.2, 0.25) is 0 Å². The highest BCUT2D eigenvalue weighted by Crippen LogP contribution is 2.38. The van der Waals surface area contributed by atoms with Crippen molar-refractivity contribution in [2.24, 2.45) is 0 Å². The van der Waals surface area contributed by atoms with E-state index in [4.69, 9.17) is 4.74 Å². The van der Waals surface area contributed by atoms with Gasteiger partial charge in [-0.15, -0.1) is 11.3 Å². The fraction of sp³-hybridized carbons (Fsp3) is 0.391. The molecule has 0 saturated carbocycles. The van der Waals surface area contributed by atoms with E-state index in [1.807, 2.05) is 24.3 Å². The van der Waals surface area contributed by atoms with Gasteiger partial charge in [-0.2, -0.15) is 0 Å². The average molecular weight is 475 g/mol. The van der Waals surface area contributed by atoms with Crippen molar-refractivity contribution in [2.45, 2.75) is 38.1 Å². The molecule has 1 aliphatic heterocycles. The predicted molar refractivity (Wildman–Crippen MR) is 126 cm³/mol. The Morgan fingerprint density at radius 3 is 2.59 bits per heavy atom. The molecule has 4 rings (SSSR count). The molecule has 0 bridgehead atoms. The lowest BCUT2D eigenvalue weighted by molar-refractivity contribution is -0.111. The van der Waals surface area contributed by atoms with Crippen LogP contribution in [0.25, 0.3) is 6.08 Å². The molecule has 2 aliphatic rings. The summed E-state index contributed by atoms with van der Waals surface area (Å²) in [6, 6.07) is 6.94. The van der Waals surface area contributed by atoms with Crippen molar-refractivity contribution >= 4 is 44.1 Å². The third kappa shape index (κ3) is 5.21. The first-order valence-electron chi connectivity index (χ1n) is 10.6. The molecule has 0 radical (unpaired) electrons. The number of fused-ring (bicyclic) bond motifs is 1. The smallest absolute Gasteiger partial charge is 0.254 e. The number of hydrogen-bond acceptors (Lipinski definition) is 6. The van der Waals surface area contributed by atoms with E-state index in [1.165, 1.54) is 17.4 Å². The van der Waals surface area contributed by atoms with Gasteiger partial charge in [-0.1, -0.05) is 12.1 Å². The molecule has 170 valence electrons. The number of benzene rings is 1. The van der Waals surface area contributed by atoms with Gasteiger partial charge in [-0.25, -0.2) is 8.42 Å². The SMILES string of the molecule is COc1ccc(/C=C/C(=O)Nc2sc3c(c2C(=O)N[C@H]2CCS(=O)(=O)C2)CCCC3)cc1. The number of carbonyl (C=O) groups excluding carboxylic acids is 2. The van der Waals surface area contributed by atoms with Crippen LogP contribution in [0.4, 0.5) is 5.00 Å². The van der Waals surface area contributed by atoms with Crippen LogP contribution in [0, 0.1) is 0 Å². The molecule has 2 N–H and O–H groups in total. The summed E-state index contributed by atoms with van der Waals surface area (Å²) < 4.78 is 28.7. The highest BCUT2D eigenvalue weighted by molar-refractivity contribution is 7.91. The predicted octanol–water partition coefficient (Wildman–Crippen LogP) is 3.20. The van der Waals surface area contributed by atoms with Crippen molar-refractivity contribution in [1.29, 1.82) is 0 Å². The Morgan fingerprint density at radius 1 is 1.16 bits per heavy atom. The third-order valence-corrected chi connectivity index (χ3v) is 8.72. The maximum atomic E-state index is 13.1. The molecule has 2 aromatic rings. The molecule has 1 saturated heterocycles. The number of hydrogen-bond donors (Lipinski definition) is 2. The number of carbonyl (C=O) groups is 2. The molecule has 2 heterocycles. The van der Waals surface area contributed by atoms with E-state index in [-0.39, 0.29) is 29.4 Å². The summed E-state index contributed by atoms with van der Waals surface area (Å²) in [5.41, 5.74) is 2.32. The molecule has 32 heavy (non-hydrogen) atoms. The summed E-state index contributed by atoms with van der Waals surface area (Å²) in [6.45, 7) is 0. The molecule has 2 amide bonds. The zero-order valence-corrected chi connectivity index (χ0v) is 19.5. The number of amides is 2. The van der Waals surface area contributed by atoms with E-state index in [9.17, 15) is 18.0 Å². The number of nitrogens with one attached hydrogen (secondary N) is 2. The van der Waals surface area contributed by atoms with Gasteiger partial charge in [-0.3, -0.25) is 9.59 Å². The van der Waals surface area contributed by atoms with Gasteiger partial charge in [-0.05, 0) is 61.4 Å². The number of anilines is 1. The molecule has 1 fully saturated rings. The molecular weight excluding hydrogens is 448 g/mol. The molecule has 0 unspecified atom stereocenters. The Morgan fingerprint density at radius 2 is 1.91 bits per heavy atom. The van der Waals surface area contributed by atoms with Crippen LogP contribution in [0.15, 0.2) is 30.3 Å². The van der Waals surface area contributed by atoms with Crippen molar-refractivity contribution in [3.8, 4) is 5.75 Å². The summed E-state index contributed by atoms with van der Waals surface area (Å²) >= 11 is 1.44. The van der Waals surface area contributed by atoms with Gasteiger partial charge in [0.05, 0.1) is 24.2 Å². The summed E-state index contributed by atoms with van der Waals surface area (Å²) in [6.07, 6.45) is 7.28. The third-order valence-electron chi connectivity index (χ3n) is 5.75. The summed E-state index contributed by atoms with van der Waals surface area (Å²) in [7, 11) is -1.50. The summed E-state index contributed by atoms with van der Waals surface area (Å²) in [4.78, 5) is 26.8. The van der Waals surface area contributed by atoms with Crippen LogP contribution in [0.1, 0.15) is 45.6 Å². The summed E-state index contributed by atoms with van der Waals surface area (Å²) in [5, 5.41) is 6.28. The van der Waals surface area contributed by atoms with Crippen LogP contribution in [-0.2, 0) is 27.5 Å². The van der Waals surface area contributed by atoms with Gasteiger partial charge in [0.2, 0.25) is 5.91 Å². The first kappa shape index (κ1) is 22.5. The number of methoxy groups -OCH3 is 1. The quantitative estimate of drug-likeness (QED) is 0.626. The topological polar surface area (TPSA) is 102 Å². The van der Waals surface area contributed by atoms with E-state index in [0.717, 1.165) is 47.4 Å². The minimum absolute atomic E-state index is 0.0304. The molecule has 1 atom stereocenters. The number of rotatable bonds is 6. The number of aryl methyl sites for hydroxylation is 1. The van der Waals surface area contributed by atoms with Gasteiger partial charge in [0, 0.05) is 17.0 Å². The molecule has 9 heteroatoms. The van der Waals surface area contributed by atoms with Gasteiger partial charge < -0.3 is 15.4 Å². The second-order valence-electron chi connectivity index (χ2n) is 8.08. The standard InChI is InChI=1S/C23H26N2O5S2/c1-30-17-9-6-15(7-10-17)8-11-20(26)25-23-21(18-4-2-3-5-19(18)31-23)22(27)24-16-12-13-32(28,29)14-16/h6-11,16H,2-5,12-14H2,1H3,(H,24,27)(H,25,26)/b11-8+/t16-/m0/s1. The molecule has 1 aromatic heterocycles. The number of sulfone groups is 1. The largest absolute Gasteiger partial charge is 0.497 e. The number of thiophene rings is 1. The monoisotopic (exact) mass is 474 g/mol. The van der Waals surface area contributed by atoms with Crippen LogP contribution in [0.5, 0.6) is 5.75 Å². The Hall–Kier alpha value is -2.65. The average Bonchev–Trinajstić information content (AvgIpc) is 3.31.